The van der Waals surface area contributed by atoms with Crippen molar-refractivity contribution in [3.8, 4) is 0 Å². The van der Waals surface area contributed by atoms with Crippen LogP contribution in [0.3, 0.4) is 0 Å². The fraction of sp³-hybridized carbons (Fsp3) is 0.333. The Hall–Kier alpha value is -0.0716. The Bertz CT molecular complexity index is 322. The molecule has 2 atom stereocenters. The van der Waals surface area contributed by atoms with Gasteiger partial charge in [0.2, 0.25) is 0 Å². The summed E-state index contributed by atoms with van der Waals surface area (Å²) >= 11 is 1.38. The van der Waals surface area contributed by atoms with Crippen LogP contribution in [-0.4, -0.2) is 32.8 Å². The van der Waals surface area contributed by atoms with Crippen LogP contribution >= 0.6 is 7.60 Å². The van der Waals surface area contributed by atoms with E-state index in [1.54, 1.807) is 0 Å². The third kappa shape index (κ3) is 4.97. The minimum atomic E-state index is -3.84. The molecule has 0 aliphatic rings. The van der Waals surface area contributed by atoms with Gasteiger partial charge in [-0.25, -0.2) is 0 Å². The van der Waals surface area contributed by atoms with Crippen molar-refractivity contribution in [1.82, 2.24) is 0 Å². The second-order valence-electron chi connectivity index (χ2n) is 3.30. The summed E-state index contributed by atoms with van der Waals surface area (Å²) in [6.07, 6.45) is 0.730. The number of rotatable bonds is 4. The van der Waals surface area contributed by atoms with Crippen LogP contribution in [0.2, 0.25) is 4.71 Å². The molecule has 1 rings (SSSR count). The third-order valence-corrected chi connectivity index (χ3v) is 4.58. The average molecular weight is 276 g/mol. The Morgan fingerprint density at radius 3 is 2.36 bits per heavy atom. The zero-order valence-corrected chi connectivity index (χ0v) is 11.0. The molecule has 2 N–H and O–H groups in total. The van der Waals surface area contributed by atoms with Crippen molar-refractivity contribution in [3.05, 3.63) is 35.9 Å². The molecule has 1 aromatic rings. The standard InChI is InChI=1S/C9H14AsO3P/c10-9(7-14(11,12)13)6-8-4-2-1-3-5-8/h1-5,9H,6-7,10H2,(H2,11,12,13). The predicted molar refractivity (Wildman–Crippen MR) is 59.4 cm³/mol. The third-order valence-electron chi connectivity index (χ3n) is 1.81. The van der Waals surface area contributed by atoms with E-state index >= 15 is 0 Å². The molecule has 1 aromatic carbocycles. The predicted octanol–water partition coefficient (Wildman–Crippen LogP) is 0.828. The number of hydrogen-bond acceptors (Lipinski definition) is 1. The van der Waals surface area contributed by atoms with E-state index in [4.69, 9.17) is 9.79 Å². The van der Waals surface area contributed by atoms with Crippen molar-refractivity contribution in [2.45, 2.75) is 11.1 Å². The zero-order chi connectivity index (χ0) is 10.6. The molecule has 0 aliphatic carbocycles. The molecule has 0 saturated carbocycles. The van der Waals surface area contributed by atoms with Gasteiger partial charge in [-0.3, -0.25) is 0 Å². The second kappa shape index (κ2) is 5.13. The number of benzene rings is 1. The van der Waals surface area contributed by atoms with Gasteiger partial charge in [0.05, 0.1) is 0 Å². The Kier molecular flexibility index (Phi) is 4.40. The fourth-order valence-electron chi connectivity index (χ4n) is 1.29. The van der Waals surface area contributed by atoms with E-state index in [1.807, 2.05) is 30.3 Å². The van der Waals surface area contributed by atoms with Crippen LogP contribution in [0.25, 0.3) is 0 Å². The van der Waals surface area contributed by atoms with Crippen LogP contribution in [0.5, 0.6) is 0 Å². The molecule has 78 valence electrons. The SMILES string of the molecule is O=P(O)(O)CC([AsH2])Cc1ccccc1. The van der Waals surface area contributed by atoms with Crippen molar-refractivity contribution in [1.29, 1.82) is 0 Å². The average Bonchev–Trinajstić information content (AvgIpc) is 2.02. The Morgan fingerprint density at radius 2 is 1.86 bits per heavy atom. The quantitative estimate of drug-likeness (QED) is 0.632. The molecule has 0 spiro atoms. The van der Waals surface area contributed by atoms with Gasteiger partial charge in [-0.2, -0.15) is 0 Å². The first-order valence-electron chi connectivity index (χ1n) is 4.31. The van der Waals surface area contributed by atoms with Gasteiger partial charge in [-0.15, -0.1) is 0 Å². The van der Waals surface area contributed by atoms with Crippen LogP contribution in [0.1, 0.15) is 5.56 Å². The van der Waals surface area contributed by atoms with E-state index in [0.717, 1.165) is 12.0 Å². The molecular formula is C9H14AsO3P. The molecule has 0 heterocycles. The second-order valence-corrected chi connectivity index (χ2v) is 6.97. The van der Waals surface area contributed by atoms with Gasteiger partial charge in [-0.1, -0.05) is 0 Å². The van der Waals surface area contributed by atoms with Crippen LogP contribution in [0, 0.1) is 0 Å². The zero-order valence-electron chi connectivity index (χ0n) is 7.71. The molecule has 3 nitrogen and oxygen atoms in total. The maximum atomic E-state index is 10.7. The first kappa shape index (κ1) is 12.0. The van der Waals surface area contributed by atoms with Gasteiger partial charge < -0.3 is 0 Å². The van der Waals surface area contributed by atoms with Gasteiger partial charge >= 0.3 is 92.0 Å². The first-order chi connectivity index (χ1) is 6.47. The van der Waals surface area contributed by atoms with E-state index in [9.17, 15) is 4.57 Å². The summed E-state index contributed by atoms with van der Waals surface area (Å²) in [6, 6.07) is 9.76. The fourth-order valence-corrected chi connectivity index (χ4v) is 4.33. The molecule has 2 unspecified atom stereocenters. The molecular weight excluding hydrogens is 262 g/mol. The monoisotopic (exact) mass is 276 g/mol. The molecule has 0 radical (unpaired) electrons. The topological polar surface area (TPSA) is 57.5 Å². The van der Waals surface area contributed by atoms with Gasteiger partial charge in [0, 0.05) is 0 Å². The summed E-state index contributed by atoms with van der Waals surface area (Å²) < 4.78 is 10.8. The summed E-state index contributed by atoms with van der Waals surface area (Å²) in [4.78, 5) is 17.6. The van der Waals surface area contributed by atoms with E-state index < -0.39 is 7.60 Å². The van der Waals surface area contributed by atoms with Crippen LogP contribution in [0.15, 0.2) is 30.3 Å². The van der Waals surface area contributed by atoms with Crippen molar-refractivity contribution in [2.24, 2.45) is 0 Å². The summed E-state index contributed by atoms with van der Waals surface area (Å²) in [5.74, 6) is 0. The van der Waals surface area contributed by atoms with Crippen LogP contribution < -0.4 is 0 Å². The van der Waals surface area contributed by atoms with Gasteiger partial charge in [-0.05, 0) is 0 Å². The van der Waals surface area contributed by atoms with Crippen molar-refractivity contribution in [3.63, 3.8) is 0 Å². The molecule has 14 heavy (non-hydrogen) atoms. The van der Waals surface area contributed by atoms with Crippen LogP contribution in [0.4, 0.5) is 0 Å². The van der Waals surface area contributed by atoms with E-state index in [0.29, 0.717) is 0 Å². The van der Waals surface area contributed by atoms with Gasteiger partial charge in [0.25, 0.3) is 0 Å². The normalized spacial score (nSPS) is 13.9. The molecule has 0 aliphatic heterocycles. The molecule has 0 amide bonds. The van der Waals surface area contributed by atoms with E-state index in [1.165, 1.54) is 16.9 Å². The molecule has 0 fully saturated rings. The van der Waals surface area contributed by atoms with Crippen molar-refractivity contribution < 1.29 is 14.4 Å². The summed E-state index contributed by atoms with van der Waals surface area (Å²) in [5, 5.41) is 0. The first-order valence-corrected chi connectivity index (χ1v) is 7.51. The van der Waals surface area contributed by atoms with Gasteiger partial charge in [0.15, 0.2) is 0 Å². The molecule has 5 heteroatoms. The van der Waals surface area contributed by atoms with Crippen molar-refractivity contribution >= 4 is 24.4 Å². The summed E-state index contributed by atoms with van der Waals surface area (Å²) in [7, 11) is -3.84. The van der Waals surface area contributed by atoms with Crippen molar-refractivity contribution in [2.75, 3.05) is 6.16 Å². The Labute approximate surface area is 92.2 Å². The summed E-state index contributed by atoms with van der Waals surface area (Å²) in [5.41, 5.74) is 1.13. The maximum absolute atomic E-state index is 10.7. The van der Waals surface area contributed by atoms with Crippen LogP contribution in [-0.2, 0) is 11.0 Å². The van der Waals surface area contributed by atoms with E-state index in [2.05, 4.69) is 0 Å². The molecule has 0 aromatic heterocycles. The number of hydrogen-bond donors (Lipinski definition) is 2. The molecule has 0 bridgehead atoms. The van der Waals surface area contributed by atoms with Gasteiger partial charge in [0.1, 0.15) is 0 Å². The Balaban J connectivity index is 2.50. The Morgan fingerprint density at radius 1 is 1.29 bits per heavy atom. The summed E-state index contributed by atoms with van der Waals surface area (Å²) in [6.45, 7) is 0. The van der Waals surface area contributed by atoms with E-state index in [-0.39, 0.29) is 10.9 Å². The minimum absolute atomic E-state index is 0.0120. The molecule has 0 saturated heterocycles.